The molecule has 0 spiro atoms. The number of hydrogen-bond donors (Lipinski definition) is 0. The predicted octanol–water partition coefficient (Wildman–Crippen LogP) is 2.67. The van der Waals surface area contributed by atoms with Gasteiger partial charge in [-0.1, -0.05) is 6.07 Å². The summed E-state index contributed by atoms with van der Waals surface area (Å²) in [6, 6.07) is 9.41. The Morgan fingerprint density at radius 2 is 2.17 bits per heavy atom. The molecule has 0 unspecified atom stereocenters. The molecule has 1 aromatic carbocycles. The third kappa shape index (κ3) is 2.49. The Kier molecular flexibility index (Phi) is 3.58. The maximum Gasteiger partial charge on any atom is 0.265 e. The van der Waals surface area contributed by atoms with Gasteiger partial charge < -0.3 is 4.57 Å². The summed E-state index contributed by atoms with van der Waals surface area (Å²) in [5.41, 5.74) is 0.410. The Balaban J connectivity index is 2.38. The Morgan fingerprint density at radius 1 is 1.39 bits per heavy atom. The molecule has 2 aromatic rings. The normalized spacial score (nSPS) is 10.1. The summed E-state index contributed by atoms with van der Waals surface area (Å²) in [5, 5.41) is 8.65. The minimum Gasteiger partial charge on any atom is -0.310 e. The van der Waals surface area contributed by atoms with Crippen LogP contribution in [0, 0.1) is 17.1 Å². The molecular weight excluding hydrogens is 299 g/mol. The number of halogens is 2. The SMILES string of the molecule is N#Cc1ccc(Cn2cccc(Br)c2=O)c(F)c1. The molecule has 2 rings (SSSR count). The highest BCUT2D eigenvalue weighted by Crippen LogP contribution is 2.11. The number of pyridine rings is 1. The van der Waals surface area contributed by atoms with E-state index in [1.54, 1.807) is 18.3 Å². The van der Waals surface area contributed by atoms with E-state index < -0.39 is 5.82 Å². The van der Waals surface area contributed by atoms with Gasteiger partial charge in [-0.25, -0.2) is 4.39 Å². The fourth-order valence-corrected chi connectivity index (χ4v) is 1.94. The number of aromatic nitrogens is 1. The van der Waals surface area contributed by atoms with Crippen molar-refractivity contribution in [1.82, 2.24) is 4.57 Å². The number of rotatable bonds is 2. The van der Waals surface area contributed by atoms with E-state index in [9.17, 15) is 9.18 Å². The Labute approximate surface area is 111 Å². The standard InChI is InChI=1S/C13H8BrFN2O/c14-11-2-1-5-17(13(11)18)8-10-4-3-9(7-16)6-12(10)15/h1-6H,8H2. The first-order valence-corrected chi connectivity index (χ1v) is 5.94. The molecule has 0 aliphatic rings. The molecule has 0 amide bonds. The van der Waals surface area contributed by atoms with Crippen molar-refractivity contribution in [2.24, 2.45) is 0 Å². The molecule has 1 aromatic heterocycles. The van der Waals surface area contributed by atoms with E-state index in [1.165, 1.54) is 22.8 Å². The molecule has 18 heavy (non-hydrogen) atoms. The molecule has 0 N–H and O–H groups in total. The number of hydrogen-bond acceptors (Lipinski definition) is 2. The maximum atomic E-state index is 13.7. The van der Waals surface area contributed by atoms with E-state index in [0.29, 0.717) is 10.0 Å². The van der Waals surface area contributed by atoms with Crippen molar-refractivity contribution < 1.29 is 4.39 Å². The molecule has 0 saturated carbocycles. The monoisotopic (exact) mass is 306 g/mol. The number of nitriles is 1. The molecular formula is C13H8BrFN2O. The quantitative estimate of drug-likeness (QED) is 0.856. The molecule has 0 atom stereocenters. The summed E-state index contributed by atoms with van der Waals surface area (Å²) in [5.74, 6) is -0.485. The highest BCUT2D eigenvalue weighted by molar-refractivity contribution is 9.10. The van der Waals surface area contributed by atoms with Gasteiger partial charge in [0.05, 0.1) is 22.7 Å². The van der Waals surface area contributed by atoms with Crippen molar-refractivity contribution in [1.29, 1.82) is 5.26 Å². The van der Waals surface area contributed by atoms with E-state index in [1.807, 2.05) is 6.07 Å². The highest BCUT2D eigenvalue weighted by atomic mass is 79.9. The van der Waals surface area contributed by atoms with Crippen LogP contribution in [0.15, 0.2) is 45.8 Å². The van der Waals surface area contributed by atoms with Crippen LogP contribution >= 0.6 is 15.9 Å². The second-order valence-corrected chi connectivity index (χ2v) is 4.56. The third-order valence-electron chi connectivity index (χ3n) is 2.50. The van der Waals surface area contributed by atoms with Gasteiger partial charge in [-0.3, -0.25) is 4.79 Å². The van der Waals surface area contributed by atoms with Gasteiger partial charge in [0, 0.05) is 11.8 Å². The Morgan fingerprint density at radius 3 is 2.83 bits per heavy atom. The van der Waals surface area contributed by atoms with Crippen LogP contribution in [-0.2, 0) is 6.54 Å². The zero-order chi connectivity index (χ0) is 13.1. The van der Waals surface area contributed by atoms with Crippen LogP contribution < -0.4 is 5.56 Å². The first kappa shape index (κ1) is 12.5. The van der Waals surface area contributed by atoms with Crippen molar-refractivity contribution in [3.8, 4) is 6.07 Å². The van der Waals surface area contributed by atoms with E-state index >= 15 is 0 Å². The van der Waals surface area contributed by atoms with Crippen molar-refractivity contribution in [2.45, 2.75) is 6.54 Å². The van der Waals surface area contributed by atoms with Gasteiger partial charge in [0.25, 0.3) is 5.56 Å². The molecule has 0 aliphatic heterocycles. The largest absolute Gasteiger partial charge is 0.310 e. The number of benzene rings is 1. The predicted molar refractivity (Wildman–Crippen MR) is 68.6 cm³/mol. The lowest BCUT2D eigenvalue weighted by Crippen LogP contribution is -2.20. The molecule has 0 radical (unpaired) electrons. The summed E-state index contributed by atoms with van der Waals surface area (Å²) in [6.07, 6.45) is 1.59. The van der Waals surface area contributed by atoms with Crippen molar-refractivity contribution in [3.63, 3.8) is 0 Å². The van der Waals surface area contributed by atoms with E-state index in [4.69, 9.17) is 5.26 Å². The van der Waals surface area contributed by atoms with Crippen LogP contribution in [0.5, 0.6) is 0 Å². The summed E-state index contributed by atoms with van der Waals surface area (Å²) in [6.45, 7) is 0.135. The minimum absolute atomic E-state index is 0.135. The second kappa shape index (κ2) is 5.15. The Hall–Kier alpha value is -1.93. The summed E-state index contributed by atoms with van der Waals surface area (Å²) in [4.78, 5) is 11.7. The zero-order valence-corrected chi connectivity index (χ0v) is 10.8. The van der Waals surface area contributed by atoms with Crippen molar-refractivity contribution >= 4 is 15.9 Å². The lowest BCUT2D eigenvalue weighted by molar-refractivity contribution is 0.595. The molecule has 3 nitrogen and oxygen atoms in total. The van der Waals surface area contributed by atoms with Gasteiger partial charge >= 0.3 is 0 Å². The maximum absolute atomic E-state index is 13.7. The van der Waals surface area contributed by atoms with Crippen LogP contribution in [0.2, 0.25) is 0 Å². The van der Waals surface area contributed by atoms with Gasteiger partial charge in [-0.05, 0) is 40.2 Å². The molecule has 0 fully saturated rings. The van der Waals surface area contributed by atoms with Gasteiger partial charge in [0.1, 0.15) is 5.82 Å². The Bertz CT molecular complexity index is 688. The highest BCUT2D eigenvalue weighted by Gasteiger charge is 2.06. The van der Waals surface area contributed by atoms with Gasteiger partial charge in [-0.2, -0.15) is 5.26 Å². The summed E-state index contributed by atoms with van der Waals surface area (Å²) >= 11 is 3.13. The molecule has 5 heteroatoms. The first-order chi connectivity index (χ1) is 8.61. The first-order valence-electron chi connectivity index (χ1n) is 5.15. The van der Waals surface area contributed by atoms with Crippen LogP contribution in [0.25, 0.3) is 0 Å². The molecule has 0 bridgehead atoms. The molecule has 0 saturated heterocycles. The van der Waals surface area contributed by atoms with Crippen LogP contribution in [0.4, 0.5) is 4.39 Å². The van der Waals surface area contributed by atoms with E-state index in [2.05, 4.69) is 15.9 Å². The fraction of sp³-hybridized carbons (Fsp3) is 0.0769. The summed E-state index contributed by atoms with van der Waals surface area (Å²) < 4.78 is 15.5. The van der Waals surface area contributed by atoms with Crippen LogP contribution in [0.3, 0.4) is 0 Å². The minimum atomic E-state index is -0.485. The lowest BCUT2D eigenvalue weighted by atomic mass is 10.1. The fourth-order valence-electron chi connectivity index (χ4n) is 1.56. The van der Waals surface area contributed by atoms with Crippen molar-refractivity contribution in [3.05, 3.63) is 68.3 Å². The lowest BCUT2D eigenvalue weighted by Gasteiger charge is -2.07. The van der Waals surface area contributed by atoms with Gasteiger partial charge in [0.2, 0.25) is 0 Å². The molecule has 90 valence electrons. The van der Waals surface area contributed by atoms with Gasteiger partial charge in [-0.15, -0.1) is 0 Å². The second-order valence-electron chi connectivity index (χ2n) is 3.71. The van der Waals surface area contributed by atoms with Gasteiger partial charge in [0.15, 0.2) is 0 Å². The topological polar surface area (TPSA) is 45.8 Å². The zero-order valence-electron chi connectivity index (χ0n) is 9.23. The van der Waals surface area contributed by atoms with Crippen LogP contribution in [0.1, 0.15) is 11.1 Å². The smallest absolute Gasteiger partial charge is 0.265 e. The average Bonchev–Trinajstić information content (AvgIpc) is 2.37. The van der Waals surface area contributed by atoms with Crippen LogP contribution in [-0.4, -0.2) is 4.57 Å². The number of nitrogens with zero attached hydrogens (tertiary/aromatic N) is 2. The summed E-state index contributed by atoms with van der Waals surface area (Å²) in [7, 11) is 0. The molecule has 1 heterocycles. The average molecular weight is 307 g/mol. The van der Waals surface area contributed by atoms with Crippen molar-refractivity contribution in [2.75, 3.05) is 0 Å². The molecule has 0 aliphatic carbocycles. The van der Waals surface area contributed by atoms with E-state index in [-0.39, 0.29) is 17.7 Å². The van der Waals surface area contributed by atoms with E-state index in [0.717, 1.165) is 0 Å². The third-order valence-corrected chi connectivity index (χ3v) is 3.10.